The van der Waals surface area contributed by atoms with Crippen LogP contribution in [-0.2, 0) is 9.53 Å². The van der Waals surface area contributed by atoms with E-state index in [4.69, 9.17) is 0 Å². The molecule has 1 atom stereocenters. The number of esters is 1. The molecule has 0 spiro atoms. The van der Waals surface area contributed by atoms with Crippen LogP contribution in [-0.4, -0.2) is 35.2 Å². The van der Waals surface area contributed by atoms with Crippen LogP contribution in [0.4, 0.5) is 4.48 Å². The van der Waals surface area contributed by atoms with Crippen LogP contribution >= 0.6 is 15.9 Å². The Hall–Kier alpha value is -2.67. The lowest BCUT2D eigenvalue weighted by Crippen LogP contribution is -2.25. The summed E-state index contributed by atoms with van der Waals surface area (Å²) in [5, 5.41) is 1.20. The Morgan fingerprint density at radius 1 is 1.13 bits per heavy atom. The normalized spacial score (nSPS) is 12.2. The molecule has 7 heteroatoms. The number of rotatable bonds is 8. The molecule has 1 aromatic heterocycles. The van der Waals surface area contributed by atoms with Crippen LogP contribution in [0.3, 0.4) is 0 Å². The largest absolute Gasteiger partial charge is 0.469 e. The van der Waals surface area contributed by atoms with Gasteiger partial charge in [-0.25, -0.2) is 0 Å². The number of carbonyl (C=O) groups excluding carboxylic acids is 2. The van der Waals surface area contributed by atoms with E-state index in [2.05, 4.69) is 63.5 Å². The Bertz CT molecular complexity index is 1060. The molecule has 0 radical (unpaired) electrons. The maximum absolute atomic E-state index is 14.1. The quantitative estimate of drug-likeness (QED) is 0.291. The predicted octanol–water partition coefficient (Wildman–Crippen LogP) is 5.93. The second kappa shape index (κ2) is 10.1. The maximum Gasteiger partial charge on any atom is 0.307 e. The van der Waals surface area contributed by atoms with Crippen molar-refractivity contribution < 1.29 is 18.8 Å². The van der Waals surface area contributed by atoms with Gasteiger partial charge >= 0.3 is 5.97 Å². The molecule has 0 fully saturated rings. The van der Waals surface area contributed by atoms with Gasteiger partial charge in [0.25, 0.3) is 5.91 Å². The van der Waals surface area contributed by atoms with E-state index in [0.29, 0.717) is 5.92 Å². The maximum atomic E-state index is 14.1. The molecule has 0 aliphatic rings. The highest BCUT2D eigenvalue weighted by Gasteiger charge is 2.20. The summed E-state index contributed by atoms with van der Waals surface area (Å²) < 4.78 is 21.9. The van der Waals surface area contributed by atoms with Crippen molar-refractivity contribution in [1.82, 2.24) is 9.69 Å². The number of methoxy groups -OCH3 is 1. The lowest BCUT2D eigenvalue weighted by molar-refractivity contribution is -0.141. The van der Waals surface area contributed by atoms with Gasteiger partial charge in [-0.2, -0.15) is 5.12 Å². The van der Waals surface area contributed by atoms with Crippen molar-refractivity contribution in [2.45, 2.75) is 32.7 Å². The molecule has 164 valence electrons. The molecule has 1 unspecified atom stereocenters. The number of ether oxygens (including phenoxy) is 1. The molecule has 5 nitrogen and oxygen atoms in total. The SMILES string of the molecule is COC(=O)CCN(F)C(=O)c1ccc(C(CC(C)C)n2ccc3cc(Br)ccc32)cc1. The highest BCUT2D eigenvalue weighted by Crippen LogP contribution is 2.31. The van der Waals surface area contributed by atoms with E-state index >= 15 is 0 Å². The molecular weight excluding hydrogens is 463 g/mol. The predicted molar refractivity (Wildman–Crippen MR) is 122 cm³/mol. The number of aromatic nitrogens is 1. The number of halogens is 2. The Morgan fingerprint density at radius 3 is 2.48 bits per heavy atom. The smallest absolute Gasteiger partial charge is 0.307 e. The summed E-state index contributed by atoms with van der Waals surface area (Å²) in [5.74, 6) is -0.876. The van der Waals surface area contributed by atoms with Crippen molar-refractivity contribution in [3.8, 4) is 0 Å². The van der Waals surface area contributed by atoms with Gasteiger partial charge in [-0.1, -0.05) is 46.4 Å². The summed E-state index contributed by atoms with van der Waals surface area (Å²) >= 11 is 3.52. The monoisotopic (exact) mass is 488 g/mol. The first-order chi connectivity index (χ1) is 14.8. The first-order valence-corrected chi connectivity index (χ1v) is 11.0. The van der Waals surface area contributed by atoms with E-state index in [-0.39, 0.29) is 29.7 Å². The molecule has 1 heterocycles. The highest BCUT2D eigenvalue weighted by molar-refractivity contribution is 9.10. The number of hydrogen-bond acceptors (Lipinski definition) is 3. The zero-order valence-corrected chi connectivity index (χ0v) is 19.4. The van der Waals surface area contributed by atoms with Gasteiger partial charge in [0.2, 0.25) is 0 Å². The molecule has 0 aliphatic heterocycles. The Kier molecular flexibility index (Phi) is 7.49. The highest BCUT2D eigenvalue weighted by atomic mass is 79.9. The van der Waals surface area contributed by atoms with Crippen molar-refractivity contribution in [2.24, 2.45) is 5.92 Å². The van der Waals surface area contributed by atoms with Crippen molar-refractivity contribution in [2.75, 3.05) is 13.7 Å². The third-order valence-electron chi connectivity index (χ3n) is 5.22. The summed E-state index contributed by atoms with van der Waals surface area (Å²) in [6, 6.07) is 15.4. The van der Waals surface area contributed by atoms with Crippen LogP contribution in [0, 0.1) is 5.92 Å². The first kappa shape index (κ1) is 23.0. The van der Waals surface area contributed by atoms with E-state index in [0.717, 1.165) is 27.4 Å². The van der Waals surface area contributed by atoms with E-state index < -0.39 is 11.9 Å². The molecule has 0 N–H and O–H groups in total. The average molecular weight is 489 g/mol. The van der Waals surface area contributed by atoms with Crippen LogP contribution in [0.2, 0.25) is 0 Å². The summed E-state index contributed by atoms with van der Waals surface area (Å²) in [5.41, 5.74) is 2.41. The fourth-order valence-electron chi connectivity index (χ4n) is 3.64. The van der Waals surface area contributed by atoms with Crippen LogP contribution < -0.4 is 0 Å². The minimum Gasteiger partial charge on any atom is -0.469 e. The van der Waals surface area contributed by atoms with Crippen LogP contribution in [0.15, 0.2) is 59.2 Å². The van der Waals surface area contributed by atoms with Gasteiger partial charge in [0, 0.05) is 27.1 Å². The van der Waals surface area contributed by atoms with Gasteiger partial charge in [-0.05, 0) is 54.3 Å². The molecule has 0 aliphatic carbocycles. The minimum atomic E-state index is -0.771. The second-order valence-electron chi connectivity index (χ2n) is 7.91. The van der Waals surface area contributed by atoms with Crippen LogP contribution in [0.1, 0.15) is 48.7 Å². The molecule has 1 amide bonds. The Morgan fingerprint density at radius 2 is 1.84 bits per heavy atom. The Balaban J connectivity index is 1.84. The molecule has 3 aromatic rings. The third-order valence-corrected chi connectivity index (χ3v) is 5.71. The third kappa shape index (κ3) is 5.53. The number of amides is 1. The van der Waals surface area contributed by atoms with E-state index in [1.807, 2.05) is 18.2 Å². The van der Waals surface area contributed by atoms with Crippen molar-refractivity contribution in [3.63, 3.8) is 0 Å². The van der Waals surface area contributed by atoms with Crippen molar-refractivity contribution in [1.29, 1.82) is 0 Å². The number of benzene rings is 2. The van der Waals surface area contributed by atoms with Crippen molar-refractivity contribution in [3.05, 3.63) is 70.3 Å². The number of carbonyl (C=O) groups is 2. The fourth-order valence-corrected chi connectivity index (χ4v) is 4.02. The average Bonchev–Trinajstić information content (AvgIpc) is 3.17. The molecule has 31 heavy (non-hydrogen) atoms. The lowest BCUT2D eigenvalue weighted by atomic mass is 9.95. The zero-order valence-electron chi connectivity index (χ0n) is 17.8. The van der Waals surface area contributed by atoms with Crippen LogP contribution in [0.25, 0.3) is 10.9 Å². The van der Waals surface area contributed by atoms with Gasteiger partial charge in [-0.15, -0.1) is 0 Å². The Labute approximate surface area is 189 Å². The van der Waals surface area contributed by atoms with E-state index in [1.54, 1.807) is 12.1 Å². The first-order valence-electron chi connectivity index (χ1n) is 10.2. The van der Waals surface area contributed by atoms with Gasteiger partial charge < -0.3 is 9.30 Å². The molecule has 3 rings (SSSR count). The summed E-state index contributed by atoms with van der Waals surface area (Å²) in [6.07, 6.45) is 2.81. The van der Waals surface area contributed by atoms with Crippen LogP contribution in [0.5, 0.6) is 0 Å². The molecule has 0 bridgehead atoms. The zero-order chi connectivity index (χ0) is 22.5. The van der Waals surface area contributed by atoms with Gasteiger partial charge in [0.15, 0.2) is 0 Å². The summed E-state index contributed by atoms with van der Waals surface area (Å²) in [6.45, 7) is 4.01. The molecular formula is C24H26BrFN2O3. The lowest BCUT2D eigenvalue weighted by Gasteiger charge is -2.23. The minimum absolute atomic E-state index is 0.0504. The molecule has 0 saturated carbocycles. The van der Waals surface area contributed by atoms with E-state index in [1.165, 1.54) is 7.11 Å². The van der Waals surface area contributed by atoms with E-state index in [9.17, 15) is 14.1 Å². The molecule has 0 saturated heterocycles. The standard InChI is InChI=1S/C24H26BrFN2O3/c1-16(2)14-22(27-12-10-19-15-20(25)8-9-21(19)27)17-4-6-18(7-5-17)24(30)28(26)13-11-23(29)31-3/h4-10,12,15-16,22H,11,13-14H2,1-3H3. The van der Waals surface area contributed by atoms with Gasteiger partial charge in [0.05, 0.1) is 26.1 Å². The molecule has 2 aromatic carbocycles. The fraction of sp³-hybridized carbons (Fsp3) is 0.333. The second-order valence-corrected chi connectivity index (χ2v) is 8.83. The topological polar surface area (TPSA) is 51.5 Å². The number of nitrogens with zero attached hydrogens (tertiary/aromatic N) is 2. The number of hydrogen-bond donors (Lipinski definition) is 0. The summed E-state index contributed by atoms with van der Waals surface area (Å²) in [4.78, 5) is 23.5. The van der Waals surface area contributed by atoms with Gasteiger partial charge in [0.1, 0.15) is 0 Å². The van der Waals surface area contributed by atoms with Gasteiger partial charge in [-0.3, -0.25) is 9.59 Å². The summed E-state index contributed by atoms with van der Waals surface area (Å²) in [7, 11) is 1.23. The van der Waals surface area contributed by atoms with Crippen molar-refractivity contribution >= 4 is 38.7 Å². The number of fused-ring (bicyclic) bond motifs is 1.